The highest BCUT2D eigenvalue weighted by Crippen LogP contribution is 2.27. The maximum Gasteiger partial charge on any atom is 0.0642 e. The van der Waals surface area contributed by atoms with Crippen molar-refractivity contribution in [2.24, 2.45) is 0 Å². The molecule has 1 aromatic heterocycles. The second kappa shape index (κ2) is 6.07. The Morgan fingerprint density at radius 2 is 1.83 bits per heavy atom. The summed E-state index contributed by atoms with van der Waals surface area (Å²) in [4.78, 5) is 6.11. The lowest BCUT2D eigenvalue weighted by Gasteiger charge is -2.21. The third-order valence-corrected chi connectivity index (χ3v) is 3.36. The Hall–Kier alpha value is -1.25. The summed E-state index contributed by atoms with van der Waals surface area (Å²) in [6.45, 7) is 0.794. The van der Waals surface area contributed by atoms with Crippen molar-refractivity contribution in [3.05, 3.63) is 58.9 Å². The number of aromatic nitrogens is 1. The van der Waals surface area contributed by atoms with Crippen molar-refractivity contribution in [1.82, 2.24) is 4.98 Å². The van der Waals surface area contributed by atoms with Crippen molar-refractivity contribution in [2.45, 2.75) is 12.4 Å². The number of halogens is 2. The minimum absolute atomic E-state index is 0.480. The number of anilines is 1. The molecule has 0 aliphatic carbocycles. The van der Waals surface area contributed by atoms with Crippen LogP contribution in [0.4, 0.5) is 5.69 Å². The molecule has 0 unspecified atom stereocenters. The normalized spacial score (nSPS) is 10.4. The first kappa shape index (κ1) is 13.2. The third kappa shape index (κ3) is 3.15. The van der Waals surface area contributed by atoms with Crippen LogP contribution in [0.15, 0.2) is 42.7 Å². The van der Waals surface area contributed by atoms with Crippen LogP contribution in [0.1, 0.15) is 11.1 Å². The number of hydrogen-bond donors (Lipinski definition) is 0. The van der Waals surface area contributed by atoms with Crippen molar-refractivity contribution in [3.63, 3.8) is 0 Å². The molecule has 0 saturated heterocycles. The summed E-state index contributed by atoms with van der Waals surface area (Å²) in [6, 6.07) is 9.90. The molecule has 0 bridgehead atoms. The highest BCUT2D eigenvalue weighted by molar-refractivity contribution is 6.33. The first-order valence-electron chi connectivity index (χ1n) is 5.65. The molecule has 0 atom stereocenters. The van der Waals surface area contributed by atoms with Gasteiger partial charge in [0.2, 0.25) is 0 Å². The summed E-state index contributed by atoms with van der Waals surface area (Å²) in [6.07, 6.45) is 3.59. The van der Waals surface area contributed by atoms with E-state index in [1.807, 2.05) is 37.4 Å². The van der Waals surface area contributed by atoms with Gasteiger partial charge >= 0.3 is 0 Å². The molecule has 94 valence electrons. The number of nitrogens with zero attached hydrogens (tertiary/aromatic N) is 2. The molecule has 18 heavy (non-hydrogen) atoms. The Morgan fingerprint density at radius 3 is 2.44 bits per heavy atom. The van der Waals surface area contributed by atoms with Gasteiger partial charge in [-0.25, -0.2) is 0 Å². The van der Waals surface area contributed by atoms with Crippen LogP contribution in [0, 0.1) is 0 Å². The summed E-state index contributed by atoms with van der Waals surface area (Å²) >= 11 is 12.0. The van der Waals surface area contributed by atoms with Gasteiger partial charge in [0.25, 0.3) is 0 Å². The maximum atomic E-state index is 6.26. The largest absolute Gasteiger partial charge is 0.369 e. The van der Waals surface area contributed by atoms with Crippen molar-refractivity contribution in [1.29, 1.82) is 0 Å². The standard InChI is InChI=1S/C14H14Cl2N2/c1-18(10-11-4-6-17-7-5-11)14-3-2-12(9-15)8-13(14)16/h2-8H,9-10H2,1H3. The number of rotatable bonds is 4. The van der Waals surface area contributed by atoms with Gasteiger partial charge in [0.1, 0.15) is 0 Å². The minimum Gasteiger partial charge on any atom is -0.369 e. The fourth-order valence-electron chi connectivity index (χ4n) is 1.79. The van der Waals surface area contributed by atoms with E-state index in [0.29, 0.717) is 5.88 Å². The van der Waals surface area contributed by atoms with Gasteiger partial charge in [-0.05, 0) is 35.4 Å². The molecule has 2 aromatic rings. The molecule has 0 spiro atoms. The van der Waals surface area contributed by atoms with Crippen LogP contribution in [0.2, 0.25) is 5.02 Å². The zero-order valence-electron chi connectivity index (χ0n) is 10.1. The molecule has 0 aliphatic heterocycles. The summed E-state index contributed by atoms with van der Waals surface area (Å²) < 4.78 is 0. The highest BCUT2D eigenvalue weighted by Gasteiger charge is 2.07. The smallest absolute Gasteiger partial charge is 0.0642 e. The fourth-order valence-corrected chi connectivity index (χ4v) is 2.30. The number of pyridine rings is 1. The Labute approximate surface area is 117 Å². The first-order chi connectivity index (χ1) is 8.70. The van der Waals surface area contributed by atoms with E-state index in [1.54, 1.807) is 12.4 Å². The van der Waals surface area contributed by atoms with E-state index in [9.17, 15) is 0 Å². The van der Waals surface area contributed by atoms with E-state index in [-0.39, 0.29) is 0 Å². The molecule has 2 rings (SSSR count). The Morgan fingerprint density at radius 1 is 1.11 bits per heavy atom. The van der Waals surface area contributed by atoms with Crippen LogP contribution in [-0.4, -0.2) is 12.0 Å². The SMILES string of the molecule is CN(Cc1ccncc1)c1ccc(CCl)cc1Cl. The van der Waals surface area contributed by atoms with Gasteiger partial charge in [-0.1, -0.05) is 17.7 Å². The molecule has 4 heteroatoms. The second-order valence-electron chi connectivity index (χ2n) is 4.13. The minimum atomic E-state index is 0.480. The Balaban J connectivity index is 2.16. The summed E-state index contributed by atoms with van der Waals surface area (Å²) in [5.41, 5.74) is 3.23. The number of hydrogen-bond acceptors (Lipinski definition) is 2. The van der Waals surface area contributed by atoms with Gasteiger partial charge < -0.3 is 4.90 Å². The molecule has 0 radical (unpaired) electrons. The van der Waals surface area contributed by atoms with Crippen LogP contribution >= 0.6 is 23.2 Å². The van der Waals surface area contributed by atoms with Gasteiger partial charge in [-0.15, -0.1) is 11.6 Å². The average molecular weight is 281 g/mol. The zero-order valence-corrected chi connectivity index (χ0v) is 11.6. The number of alkyl halides is 1. The zero-order chi connectivity index (χ0) is 13.0. The predicted octanol–water partition coefficient (Wildman–Crippen LogP) is 4.11. The summed E-state index contributed by atoms with van der Waals surface area (Å²) in [5, 5.41) is 0.727. The van der Waals surface area contributed by atoms with Crippen molar-refractivity contribution in [2.75, 3.05) is 11.9 Å². The van der Waals surface area contributed by atoms with Crippen molar-refractivity contribution >= 4 is 28.9 Å². The van der Waals surface area contributed by atoms with E-state index in [2.05, 4.69) is 9.88 Å². The third-order valence-electron chi connectivity index (χ3n) is 2.75. The molecular weight excluding hydrogens is 267 g/mol. The van der Waals surface area contributed by atoms with Crippen LogP contribution in [-0.2, 0) is 12.4 Å². The van der Waals surface area contributed by atoms with Crippen LogP contribution in [0.25, 0.3) is 0 Å². The lowest BCUT2D eigenvalue weighted by Crippen LogP contribution is -2.16. The topological polar surface area (TPSA) is 16.1 Å². The van der Waals surface area contributed by atoms with E-state index in [1.165, 1.54) is 5.56 Å². The molecule has 1 heterocycles. The fraction of sp³-hybridized carbons (Fsp3) is 0.214. The van der Waals surface area contributed by atoms with E-state index < -0.39 is 0 Å². The number of benzene rings is 1. The summed E-state index contributed by atoms with van der Waals surface area (Å²) in [5.74, 6) is 0.480. The Bertz CT molecular complexity index is 514. The van der Waals surface area contributed by atoms with E-state index >= 15 is 0 Å². The van der Waals surface area contributed by atoms with Gasteiger partial charge in [0, 0.05) is 31.9 Å². The van der Waals surface area contributed by atoms with Gasteiger partial charge in [-0.3, -0.25) is 4.98 Å². The second-order valence-corrected chi connectivity index (χ2v) is 4.81. The monoisotopic (exact) mass is 280 g/mol. The molecule has 0 N–H and O–H groups in total. The molecule has 0 saturated carbocycles. The summed E-state index contributed by atoms with van der Waals surface area (Å²) in [7, 11) is 2.02. The lowest BCUT2D eigenvalue weighted by molar-refractivity contribution is 0.919. The van der Waals surface area contributed by atoms with Crippen LogP contribution < -0.4 is 4.90 Å². The molecular formula is C14H14Cl2N2. The Kier molecular flexibility index (Phi) is 4.45. The van der Waals surface area contributed by atoms with Gasteiger partial charge in [0.05, 0.1) is 10.7 Å². The first-order valence-corrected chi connectivity index (χ1v) is 6.56. The molecule has 1 aromatic carbocycles. The van der Waals surface area contributed by atoms with E-state index in [4.69, 9.17) is 23.2 Å². The quantitative estimate of drug-likeness (QED) is 0.784. The average Bonchev–Trinajstić information content (AvgIpc) is 2.39. The van der Waals surface area contributed by atoms with E-state index in [0.717, 1.165) is 22.8 Å². The molecule has 0 aliphatic rings. The van der Waals surface area contributed by atoms with Gasteiger partial charge in [0.15, 0.2) is 0 Å². The van der Waals surface area contributed by atoms with Crippen molar-refractivity contribution < 1.29 is 0 Å². The van der Waals surface area contributed by atoms with Crippen molar-refractivity contribution in [3.8, 4) is 0 Å². The maximum absolute atomic E-state index is 6.26. The molecule has 0 fully saturated rings. The predicted molar refractivity (Wildman–Crippen MR) is 77.4 cm³/mol. The molecule has 2 nitrogen and oxygen atoms in total. The highest BCUT2D eigenvalue weighted by atomic mass is 35.5. The van der Waals surface area contributed by atoms with Crippen LogP contribution in [0.3, 0.4) is 0 Å². The lowest BCUT2D eigenvalue weighted by atomic mass is 10.2. The van der Waals surface area contributed by atoms with Gasteiger partial charge in [-0.2, -0.15) is 0 Å². The molecule has 0 amide bonds. The van der Waals surface area contributed by atoms with Crippen LogP contribution in [0.5, 0.6) is 0 Å².